The first-order chi connectivity index (χ1) is 9.35. The summed E-state index contributed by atoms with van der Waals surface area (Å²) in [5.41, 5.74) is 0. The van der Waals surface area contributed by atoms with Crippen molar-refractivity contribution < 1.29 is 4.42 Å². The van der Waals surface area contributed by atoms with Gasteiger partial charge in [-0.15, -0.1) is 0 Å². The van der Waals surface area contributed by atoms with Gasteiger partial charge in [0.15, 0.2) is 0 Å². The minimum Gasteiger partial charge on any atom is -0.464 e. The Balaban J connectivity index is 1.74. The molecule has 2 saturated carbocycles. The van der Waals surface area contributed by atoms with Crippen molar-refractivity contribution in [1.29, 1.82) is 0 Å². The van der Waals surface area contributed by atoms with E-state index in [2.05, 4.69) is 31.3 Å². The maximum Gasteiger partial charge on any atom is 0.121 e. The van der Waals surface area contributed by atoms with E-state index in [0.717, 1.165) is 36.5 Å². The van der Waals surface area contributed by atoms with Crippen LogP contribution in [-0.2, 0) is 6.42 Å². The van der Waals surface area contributed by atoms with Gasteiger partial charge < -0.3 is 9.73 Å². The summed E-state index contributed by atoms with van der Waals surface area (Å²) in [5, 5.41) is 3.75. The van der Waals surface area contributed by atoms with E-state index in [0.29, 0.717) is 6.04 Å². The Kier molecular flexibility index (Phi) is 3.97. The highest BCUT2D eigenvalue weighted by Crippen LogP contribution is 2.60. The Labute approximate surface area is 117 Å². The van der Waals surface area contributed by atoms with Crippen LogP contribution >= 0.6 is 0 Å². The van der Waals surface area contributed by atoms with Crippen LogP contribution in [0, 0.1) is 17.8 Å². The third kappa shape index (κ3) is 2.60. The number of hydrogen-bond donors (Lipinski definition) is 1. The van der Waals surface area contributed by atoms with E-state index in [1.54, 1.807) is 0 Å². The van der Waals surface area contributed by atoms with Gasteiger partial charge in [-0.3, -0.25) is 0 Å². The molecule has 0 aliphatic heterocycles. The zero-order chi connectivity index (χ0) is 13.2. The minimum atomic E-state index is 0.466. The zero-order valence-electron chi connectivity index (χ0n) is 12.3. The van der Waals surface area contributed by atoms with Crippen LogP contribution in [0.15, 0.2) is 16.5 Å². The van der Waals surface area contributed by atoms with Crippen LogP contribution in [0.3, 0.4) is 0 Å². The minimum absolute atomic E-state index is 0.466. The lowest BCUT2D eigenvalue weighted by atomic mass is 10.0. The van der Waals surface area contributed by atoms with Gasteiger partial charge in [0.25, 0.3) is 0 Å². The SMILES string of the molecule is CCCNC(c1ccc(CC)o1)C1C2CCCCC21. The number of rotatable bonds is 6. The first-order valence-corrected chi connectivity index (χ1v) is 8.17. The maximum absolute atomic E-state index is 6.04. The summed E-state index contributed by atoms with van der Waals surface area (Å²) in [4.78, 5) is 0. The largest absolute Gasteiger partial charge is 0.464 e. The lowest BCUT2D eigenvalue weighted by Gasteiger charge is -2.16. The Morgan fingerprint density at radius 3 is 2.53 bits per heavy atom. The number of hydrogen-bond acceptors (Lipinski definition) is 2. The molecule has 2 fully saturated rings. The molecule has 1 aromatic heterocycles. The van der Waals surface area contributed by atoms with E-state index in [-0.39, 0.29) is 0 Å². The predicted molar refractivity (Wildman–Crippen MR) is 78.1 cm³/mol. The van der Waals surface area contributed by atoms with Gasteiger partial charge in [0.2, 0.25) is 0 Å². The molecule has 0 amide bonds. The van der Waals surface area contributed by atoms with Gasteiger partial charge in [-0.2, -0.15) is 0 Å². The second-order valence-corrected chi connectivity index (χ2v) is 6.28. The second kappa shape index (κ2) is 5.70. The Morgan fingerprint density at radius 1 is 1.21 bits per heavy atom. The van der Waals surface area contributed by atoms with Crippen LogP contribution in [0.25, 0.3) is 0 Å². The highest BCUT2D eigenvalue weighted by atomic mass is 16.3. The fourth-order valence-corrected chi connectivity index (χ4v) is 4.02. The number of nitrogens with one attached hydrogen (secondary N) is 1. The van der Waals surface area contributed by atoms with Crippen molar-refractivity contribution >= 4 is 0 Å². The number of fused-ring (bicyclic) bond motifs is 1. The lowest BCUT2D eigenvalue weighted by molar-refractivity contribution is 0.352. The average Bonchev–Trinajstić information content (AvgIpc) is 2.96. The first-order valence-electron chi connectivity index (χ1n) is 8.17. The van der Waals surface area contributed by atoms with Gasteiger partial charge in [-0.1, -0.05) is 26.7 Å². The van der Waals surface area contributed by atoms with E-state index >= 15 is 0 Å². The van der Waals surface area contributed by atoms with Crippen molar-refractivity contribution in [3.63, 3.8) is 0 Å². The molecule has 1 N–H and O–H groups in total. The summed E-state index contributed by atoms with van der Waals surface area (Å²) in [7, 11) is 0. The molecule has 3 unspecified atom stereocenters. The van der Waals surface area contributed by atoms with Gasteiger partial charge in [-0.25, -0.2) is 0 Å². The van der Waals surface area contributed by atoms with Crippen molar-refractivity contribution in [2.24, 2.45) is 17.8 Å². The van der Waals surface area contributed by atoms with Crippen LogP contribution in [0.1, 0.15) is 63.5 Å². The molecular formula is C17H27NO. The Morgan fingerprint density at radius 2 is 1.95 bits per heavy atom. The van der Waals surface area contributed by atoms with Crippen LogP contribution in [-0.4, -0.2) is 6.54 Å². The van der Waals surface area contributed by atoms with E-state index in [9.17, 15) is 0 Å². The van der Waals surface area contributed by atoms with E-state index in [1.807, 2.05) is 0 Å². The summed E-state index contributed by atoms with van der Waals surface area (Å²) < 4.78 is 6.04. The molecule has 0 radical (unpaired) electrons. The van der Waals surface area contributed by atoms with Crippen molar-refractivity contribution in [1.82, 2.24) is 5.32 Å². The molecular weight excluding hydrogens is 234 g/mol. The summed E-state index contributed by atoms with van der Waals surface area (Å²) in [6, 6.07) is 4.83. The normalized spacial score (nSPS) is 30.9. The van der Waals surface area contributed by atoms with E-state index in [1.165, 1.54) is 37.9 Å². The smallest absolute Gasteiger partial charge is 0.121 e. The van der Waals surface area contributed by atoms with Gasteiger partial charge in [0.1, 0.15) is 11.5 Å². The van der Waals surface area contributed by atoms with E-state index in [4.69, 9.17) is 4.42 Å². The summed E-state index contributed by atoms with van der Waals surface area (Å²) in [6.45, 7) is 5.50. The van der Waals surface area contributed by atoms with Gasteiger partial charge >= 0.3 is 0 Å². The molecule has 2 nitrogen and oxygen atoms in total. The average molecular weight is 261 g/mol. The monoisotopic (exact) mass is 261 g/mol. The molecule has 1 heterocycles. The summed E-state index contributed by atoms with van der Waals surface area (Å²) in [6.07, 6.45) is 7.97. The van der Waals surface area contributed by atoms with E-state index < -0.39 is 0 Å². The molecule has 2 aliphatic carbocycles. The molecule has 3 rings (SSSR count). The first kappa shape index (κ1) is 13.2. The Hall–Kier alpha value is -0.760. The molecule has 1 aromatic rings. The molecule has 0 spiro atoms. The molecule has 0 saturated heterocycles. The predicted octanol–water partition coefficient (Wildman–Crippen LogP) is 4.32. The molecule has 2 aliphatic rings. The zero-order valence-corrected chi connectivity index (χ0v) is 12.3. The molecule has 0 aromatic carbocycles. The molecule has 19 heavy (non-hydrogen) atoms. The van der Waals surface area contributed by atoms with Crippen molar-refractivity contribution in [2.45, 2.75) is 58.4 Å². The molecule has 3 atom stereocenters. The van der Waals surface area contributed by atoms with Crippen LogP contribution < -0.4 is 5.32 Å². The van der Waals surface area contributed by atoms with Crippen molar-refractivity contribution in [3.8, 4) is 0 Å². The fraction of sp³-hybridized carbons (Fsp3) is 0.765. The topological polar surface area (TPSA) is 25.2 Å². The highest BCUT2D eigenvalue weighted by Gasteiger charge is 2.54. The molecule has 2 heteroatoms. The number of furan rings is 1. The van der Waals surface area contributed by atoms with Gasteiger partial charge in [0, 0.05) is 6.42 Å². The quantitative estimate of drug-likeness (QED) is 0.825. The number of aryl methyl sites for hydroxylation is 1. The third-order valence-electron chi connectivity index (χ3n) is 5.06. The third-order valence-corrected chi connectivity index (χ3v) is 5.06. The molecule has 0 bridgehead atoms. The highest BCUT2D eigenvalue weighted by molar-refractivity contribution is 5.17. The van der Waals surface area contributed by atoms with Crippen LogP contribution in [0.2, 0.25) is 0 Å². The van der Waals surface area contributed by atoms with Crippen molar-refractivity contribution in [3.05, 3.63) is 23.7 Å². The maximum atomic E-state index is 6.04. The van der Waals surface area contributed by atoms with Crippen LogP contribution in [0.4, 0.5) is 0 Å². The van der Waals surface area contributed by atoms with Gasteiger partial charge in [-0.05, 0) is 55.7 Å². The summed E-state index contributed by atoms with van der Waals surface area (Å²) >= 11 is 0. The van der Waals surface area contributed by atoms with Crippen molar-refractivity contribution in [2.75, 3.05) is 6.54 Å². The fourth-order valence-electron chi connectivity index (χ4n) is 4.02. The van der Waals surface area contributed by atoms with Gasteiger partial charge in [0.05, 0.1) is 6.04 Å². The Bertz CT molecular complexity index is 399. The van der Waals surface area contributed by atoms with Crippen LogP contribution in [0.5, 0.6) is 0 Å². The molecule has 106 valence electrons. The summed E-state index contributed by atoms with van der Waals surface area (Å²) in [5.74, 6) is 5.09. The second-order valence-electron chi connectivity index (χ2n) is 6.28. The lowest BCUT2D eigenvalue weighted by Crippen LogP contribution is -2.24. The standard InChI is InChI=1S/C17H27NO/c1-3-11-18-17(15-10-9-12(4-2)19-15)16-13-7-5-6-8-14(13)16/h9-10,13-14,16-18H,3-8,11H2,1-2H3.